The molecule has 0 saturated heterocycles. The Balaban J connectivity index is 1.45. The molecule has 0 bridgehead atoms. The van der Waals surface area contributed by atoms with Gasteiger partial charge in [0.05, 0.1) is 36.5 Å². The molecule has 0 saturated carbocycles. The summed E-state index contributed by atoms with van der Waals surface area (Å²) in [7, 11) is 0. The molecule has 166 valence electrons. The number of carbonyl (C=O) groups excluding carboxylic acids is 1. The van der Waals surface area contributed by atoms with Crippen LogP contribution in [-0.4, -0.2) is 30.4 Å². The van der Waals surface area contributed by atoms with Gasteiger partial charge in [-0.1, -0.05) is 30.3 Å². The number of carbonyl (C=O) groups is 1. The highest BCUT2D eigenvalue weighted by molar-refractivity contribution is 5.91. The number of hydrogen-bond acceptors (Lipinski definition) is 5. The van der Waals surface area contributed by atoms with E-state index >= 15 is 0 Å². The van der Waals surface area contributed by atoms with Crippen molar-refractivity contribution in [2.75, 3.05) is 19.8 Å². The molecule has 0 amide bonds. The third kappa shape index (κ3) is 5.22. The summed E-state index contributed by atoms with van der Waals surface area (Å²) in [5.74, 6) is 0.325. The molecule has 33 heavy (non-hydrogen) atoms. The Morgan fingerprint density at radius 3 is 2.52 bits per heavy atom. The van der Waals surface area contributed by atoms with Gasteiger partial charge in [-0.15, -0.1) is 0 Å². The van der Waals surface area contributed by atoms with E-state index in [2.05, 4.69) is 6.07 Å². The second kappa shape index (κ2) is 10.5. The van der Waals surface area contributed by atoms with Crippen molar-refractivity contribution in [2.45, 2.75) is 13.5 Å². The number of ether oxygens (including phenoxy) is 3. The Morgan fingerprint density at radius 1 is 1.00 bits per heavy atom. The van der Waals surface area contributed by atoms with Gasteiger partial charge in [-0.05, 0) is 55.0 Å². The van der Waals surface area contributed by atoms with Crippen LogP contribution in [0.1, 0.15) is 28.4 Å². The molecule has 4 aromatic rings. The third-order valence-corrected chi connectivity index (χ3v) is 5.16. The van der Waals surface area contributed by atoms with E-state index in [0.29, 0.717) is 43.3 Å². The van der Waals surface area contributed by atoms with E-state index in [9.17, 15) is 10.1 Å². The van der Waals surface area contributed by atoms with Gasteiger partial charge < -0.3 is 18.8 Å². The predicted molar refractivity (Wildman–Crippen MR) is 126 cm³/mol. The average molecular weight is 440 g/mol. The molecule has 0 aliphatic heterocycles. The maximum absolute atomic E-state index is 11.9. The summed E-state index contributed by atoms with van der Waals surface area (Å²) >= 11 is 0. The van der Waals surface area contributed by atoms with E-state index in [4.69, 9.17) is 14.2 Å². The molecule has 0 aliphatic carbocycles. The average Bonchev–Trinajstić information content (AvgIpc) is 3.23. The molecule has 0 fully saturated rings. The monoisotopic (exact) mass is 440 g/mol. The molecule has 0 atom stereocenters. The molecule has 1 aromatic heterocycles. The smallest absolute Gasteiger partial charge is 0.338 e. The van der Waals surface area contributed by atoms with Crippen molar-refractivity contribution in [2.24, 2.45) is 0 Å². The zero-order valence-corrected chi connectivity index (χ0v) is 18.4. The second-order valence-corrected chi connectivity index (χ2v) is 7.36. The standard InChI is InChI=1S/C27H24N2O4/c1-2-32-27(30)21-8-10-23(11-9-21)29-18-22(17-28)25-16-24(12-13-26(25)29)33-15-14-31-19-20-6-4-3-5-7-20/h3-13,16,18H,2,14-15,19H2,1H3. The van der Waals surface area contributed by atoms with Crippen LogP contribution in [0.3, 0.4) is 0 Å². The fourth-order valence-corrected chi connectivity index (χ4v) is 3.56. The number of benzene rings is 3. The highest BCUT2D eigenvalue weighted by Gasteiger charge is 2.12. The first-order valence-electron chi connectivity index (χ1n) is 10.8. The number of nitriles is 1. The molecular formula is C27H24N2O4. The van der Waals surface area contributed by atoms with Crippen molar-refractivity contribution < 1.29 is 19.0 Å². The van der Waals surface area contributed by atoms with Crippen LogP contribution in [0.15, 0.2) is 79.0 Å². The molecule has 1 heterocycles. The van der Waals surface area contributed by atoms with Crippen molar-refractivity contribution >= 4 is 16.9 Å². The summed E-state index contributed by atoms with van der Waals surface area (Å²) in [5.41, 5.74) is 3.88. The maximum Gasteiger partial charge on any atom is 0.338 e. The molecule has 0 radical (unpaired) electrons. The first-order valence-corrected chi connectivity index (χ1v) is 10.8. The van der Waals surface area contributed by atoms with Crippen molar-refractivity contribution in [3.63, 3.8) is 0 Å². The van der Waals surface area contributed by atoms with Gasteiger partial charge in [0.2, 0.25) is 0 Å². The van der Waals surface area contributed by atoms with Crippen LogP contribution in [0.2, 0.25) is 0 Å². The number of aromatic nitrogens is 1. The molecule has 0 spiro atoms. The van der Waals surface area contributed by atoms with Crippen molar-refractivity contribution in [1.29, 1.82) is 5.26 Å². The van der Waals surface area contributed by atoms with Crippen LogP contribution in [0, 0.1) is 11.3 Å². The maximum atomic E-state index is 11.9. The normalized spacial score (nSPS) is 10.7. The number of esters is 1. The number of nitrogens with zero attached hydrogens (tertiary/aromatic N) is 2. The van der Waals surface area contributed by atoms with Crippen molar-refractivity contribution in [3.8, 4) is 17.5 Å². The Morgan fingerprint density at radius 2 is 1.79 bits per heavy atom. The largest absolute Gasteiger partial charge is 0.491 e. The Kier molecular flexibility index (Phi) is 7.03. The molecule has 3 aromatic carbocycles. The van der Waals surface area contributed by atoms with Crippen LogP contribution in [-0.2, 0) is 16.1 Å². The molecule has 0 N–H and O–H groups in total. The lowest BCUT2D eigenvalue weighted by Crippen LogP contribution is -2.06. The second-order valence-electron chi connectivity index (χ2n) is 7.36. The van der Waals surface area contributed by atoms with Crippen LogP contribution >= 0.6 is 0 Å². The van der Waals surface area contributed by atoms with Crippen molar-refractivity contribution in [1.82, 2.24) is 4.57 Å². The lowest BCUT2D eigenvalue weighted by Gasteiger charge is -2.09. The zero-order valence-electron chi connectivity index (χ0n) is 18.4. The van der Waals surface area contributed by atoms with E-state index in [1.165, 1.54) is 0 Å². The first-order chi connectivity index (χ1) is 16.2. The molecule has 4 rings (SSSR count). The minimum atomic E-state index is -0.353. The minimum Gasteiger partial charge on any atom is -0.491 e. The summed E-state index contributed by atoms with van der Waals surface area (Å²) in [6.45, 7) is 3.52. The predicted octanol–water partition coefficient (Wildman–Crippen LogP) is 5.27. The van der Waals surface area contributed by atoms with Crippen LogP contribution in [0.25, 0.3) is 16.6 Å². The molecule has 6 heteroatoms. The van der Waals surface area contributed by atoms with Crippen molar-refractivity contribution in [3.05, 3.63) is 95.7 Å². The van der Waals surface area contributed by atoms with Gasteiger partial charge in [-0.2, -0.15) is 5.26 Å². The van der Waals surface area contributed by atoms with Gasteiger partial charge in [0.25, 0.3) is 0 Å². The van der Waals surface area contributed by atoms with Gasteiger partial charge in [0.15, 0.2) is 0 Å². The third-order valence-electron chi connectivity index (χ3n) is 5.16. The quantitative estimate of drug-likeness (QED) is 0.262. The number of rotatable bonds is 9. The summed E-state index contributed by atoms with van der Waals surface area (Å²) in [5, 5.41) is 10.4. The lowest BCUT2D eigenvalue weighted by molar-refractivity contribution is 0.0526. The number of hydrogen-bond donors (Lipinski definition) is 0. The zero-order chi connectivity index (χ0) is 23.0. The van der Waals surface area contributed by atoms with Gasteiger partial charge in [-0.3, -0.25) is 0 Å². The molecule has 0 aliphatic rings. The van der Waals surface area contributed by atoms with Crippen LogP contribution in [0.4, 0.5) is 0 Å². The molecule has 0 unspecified atom stereocenters. The highest BCUT2D eigenvalue weighted by atomic mass is 16.5. The summed E-state index contributed by atoms with van der Waals surface area (Å²) in [6, 6.07) is 25.0. The minimum absolute atomic E-state index is 0.331. The summed E-state index contributed by atoms with van der Waals surface area (Å²) < 4.78 is 18.5. The molecular weight excluding hydrogens is 416 g/mol. The Labute approximate surface area is 192 Å². The van der Waals surface area contributed by atoms with E-state index in [0.717, 1.165) is 22.2 Å². The van der Waals surface area contributed by atoms with Crippen LogP contribution in [0.5, 0.6) is 5.75 Å². The van der Waals surface area contributed by atoms with E-state index in [-0.39, 0.29) is 5.97 Å². The Hall–Kier alpha value is -4.08. The fourth-order valence-electron chi connectivity index (χ4n) is 3.56. The van der Waals surface area contributed by atoms with E-state index < -0.39 is 0 Å². The number of fused-ring (bicyclic) bond motifs is 1. The molecule has 6 nitrogen and oxygen atoms in total. The van der Waals surface area contributed by atoms with E-state index in [1.807, 2.05) is 65.2 Å². The lowest BCUT2D eigenvalue weighted by atomic mass is 10.2. The fraction of sp³-hybridized carbons (Fsp3) is 0.185. The summed E-state index contributed by atoms with van der Waals surface area (Å²) in [4.78, 5) is 11.9. The van der Waals surface area contributed by atoms with Gasteiger partial charge in [0, 0.05) is 17.3 Å². The Bertz CT molecular complexity index is 1270. The summed E-state index contributed by atoms with van der Waals surface area (Å²) in [6.07, 6.45) is 1.79. The SMILES string of the molecule is CCOC(=O)c1ccc(-n2cc(C#N)c3cc(OCCOCc4ccccc4)ccc32)cc1. The highest BCUT2D eigenvalue weighted by Crippen LogP contribution is 2.28. The van der Waals surface area contributed by atoms with Crippen LogP contribution < -0.4 is 4.74 Å². The first kappa shape index (κ1) is 22.1. The van der Waals surface area contributed by atoms with E-state index in [1.54, 1.807) is 25.3 Å². The topological polar surface area (TPSA) is 73.5 Å². The van der Waals surface area contributed by atoms with Gasteiger partial charge >= 0.3 is 5.97 Å². The van der Waals surface area contributed by atoms with Gasteiger partial charge in [0.1, 0.15) is 18.4 Å². The van der Waals surface area contributed by atoms with Gasteiger partial charge in [-0.25, -0.2) is 4.79 Å².